The van der Waals surface area contributed by atoms with Crippen LogP contribution in [0.1, 0.15) is 52.2 Å². The van der Waals surface area contributed by atoms with Gasteiger partial charge < -0.3 is 14.5 Å². The number of nitrogens with one attached hydrogen (secondary N) is 1. The van der Waals surface area contributed by atoms with Gasteiger partial charge >= 0.3 is 5.97 Å². The van der Waals surface area contributed by atoms with E-state index in [9.17, 15) is 9.59 Å². The Kier molecular flexibility index (Phi) is 9.77. The summed E-state index contributed by atoms with van der Waals surface area (Å²) >= 11 is 0. The molecule has 0 aliphatic heterocycles. The molecule has 5 nitrogen and oxygen atoms in total. The van der Waals surface area contributed by atoms with Gasteiger partial charge in [0.2, 0.25) is 0 Å². The first-order chi connectivity index (χ1) is 11.6. The van der Waals surface area contributed by atoms with E-state index in [4.69, 9.17) is 9.15 Å². The van der Waals surface area contributed by atoms with Crippen LogP contribution in [0.5, 0.6) is 0 Å². The lowest BCUT2D eigenvalue weighted by atomic mass is 9.99. The highest BCUT2D eigenvalue weighted by Crippen LogP contribution is 2.10. The van der Waals surface area contributed by atoms with E-state index < -0.39 is 0 Å². The summed E-state index contributed by atoms with van der Waals surface area (Å²) in [6.45, 7) is 7.00. The minimum absolute atomic E-state index is 0.0128. The fourth-order valence-electron chi connectivity index (χ4n) is 2.15. The maximum absolute atomic E-state index is 12.2. The van der Waals surface area contributed by atoms with Crippen molar-refractivity contribution in [3.05, 3.63) is 30.2 Å². The molecule has 0 aliphatic carbocycles. The van der Waals surface area contributed by atoms with E-state index in [-0.39, 0.29) is 23.7 Å². The summed E-state index contributed by atoms with van der Waals surface area (Å²) in [6, 6.07) is 3.19. The topological polar surface area (TPSA) is 68.5 Å². The van der Waals surface area contributed by atoms with Crippen LogP contribution in [0.25, 0.3) is 6.08 Å². The van der Waals surface area contributed by atoms with E-state index in [2.05, 4.69) is 12.2 Å². The van der Waals surface area contributed by atoms with Crippen LogP contribution in [0.2, 0.25) is 0 Å². The van der Waals surface area contributed by atoms with Crippen molar-refractivity contribution >= 4 is 17.8 Å². The van der Waals surface area contributed by atoms with Gasteiger partial charge in [0.25, 0.3) is 0 Å². The van der Waals surface area contributed by atoms with Gasteiger partial charge in [-0.25, -0.2) is 0 Å². The monoisotopic (exact) mass is 335 g/mol. The van der Waals surface area contributed by atoms with Gasteiger partial charge in [0, 0.05) is 13.0 Å². The SMILES string of the molecule is CCCCOC(=O)[C@@H](NCCC(=O)/C=C/c1ccco1)[C@@H](C)CC. The minimum Gasteiger partial charge on any atom is -0.465 e. The standard InChI is InChI=1S/C19H29NO4/c1-4-6-13-24-19(22)18(15(3)5-2)20-12-11-16(21)9-10-17-8-7-14-23-17/h7-10,14-15,18,20H,4-6,11-13H2,1-3H3/b10-9+/t15-,18-/m0/s1. The molecule has 5 heteroatoms. The third-order valence-electron chi connectivity index (χ3n) is 3.92. The first-order valence-electron chi connectivity index (χ1n) is 8.72. The van der Waals surface area contributed by atoms with Gasteiger partial charge in [-0.1, -0.05) is 33.6 Å². The summed E-state index contributed by atoms with van der Waals surface area (Å²) in [5, 5.41) is 3.17. The predicted octanol–water partition coefficient (Wildman–Crippen LogP) is 3.60. The van der Waals surface area contributed by atoms with Crippen molar-refractivity contribution in [2.75, 3.05) is 13.2 Å². The van der Waals surface area contributed by atoms with Crippen LogP contribution < -0.4 is 5.32 Å². The molecule has 24 heavy (non-hydrogen) atoms. The average Bonchev–Trinajstić information content (AvgIpc) is 3.10. The van der Waals surface area contributed by atoms with E-state index in [1.165, 1.54) is 6.08 Å². The number of carbonyl (C=O) groups is 2. The molecule has 2 atom stereocenters. The van der Waals surface area contributed by atoms with E-state index in [0.29, 0.717) is 25.3 Å². The van der Waals surface area contributed by atoms with Crippen LogP contribution >= 0.6 is 0 Å². The zero-order valence-corrected chi connectivity index (χ0v) is 14.9. The van der Waals surface area contributed by atoms with E-state index >= 15 is 0 Å². The zero-order valence-electron chi connectivity index (χ0n) is 14.9. The summed E-state index contributed by atoms with van der Waals surface area (Å²) in [5.41, 5.74) is 0. The Morgan fingerprint density at radius 2 is 2.17 bits per heavy atom. The molecular weight excluding hydrogens is 306 g/mol. The van der Waals surface area contributed by atoms with Crippen molar-refractivity contribution in [3.8, 4) is 0 Å². The van der Waals surface area contributed by atoms with Crippen molar-refractivity contribution < 1.29 is 18.7 Å². The number of furan rings is 1. The summed E-state index contributed by atoms with van der Waals surface area (Å²) in [5.74, 6) is 0.568. The molecule has 0 fully saturated rings. The number of hydrogen-bond donors (Lipinski definition) is 1. The first kappa shape index (κ1) is 20.2. The van der Waals surface area contributed by atoms with Crippen molar-refractivity contribution in [2.24, 2.45) is 5.92 Å². The molecule has 0 aromatic carbocycles. The third-order valence-corrected chi connectivity index (χ3v) is 3.92. The number of allylic oxidation sites excluding steroid dienone is 1. The van der Waals surface area contributed by atoms with Crippen molar-refractivity contribution in [2.45, 2.75) is 52.5 Å². The molecular formula is C19H29NO4. The van der Waals surface area contributed by atoms with E-state index in [1.54, 1.807) is 24.5 Å². The number of hydrogen-bond acceptors (Lipinski definition) is 5. The molecule has 0 saturated heterocycles. The Balaban J connectivity index is 2.40. The maximum atomic E-state index is 12.2. The molecule has 0 bridgehead atoms. The van der Waals surface area contributed by atoms with Gasteiger partial charge in [0.1, 0.15) is 11.8 Å². The second-order valence-electron chi connectivity index (χ2n) is 5.90. The summed E-state index contributed by atoms with van der Waals surface area (Å²) in [4.78, 5) is 24.0. The molecule has 134 valence electrons. The Morgan fingerprint density at radius 1 is 1.38 bits per heavy atom. The molecule has 0 saturated carbocycles. The number of ketones is 1. The third kappa shape index (κ3) is 7.59. The van der Waals surface area contributed by atoms with Crippen molar-refractivity contribution in [1.82, 2.24) is 5.32 Å². The smallest absolute Gasteiger partial charge is 0.323 e. The number of esters is 1. The molecule has 1 aromatic rings. The zero-order chi connectivity index (χ0) is 17.8. The number of ether oxygens (including phenoxy) is 1. The van der Waals surface area contributed by atoms with E-state index in [1.807, 2.05) is 13.8 Å². The lowest BCUT2D eigenvalue weighted by Gasteiger charge is -2.22. The maximum Gasteiger partial charge on any atom is 0.323 e. The van der Waals surface area contributed by atoms with Gasteiger partial charge in [-0.3, -0.25) is 9.59 Å². The highest BCUT2D eigenvalue weighted by atomic mass is 16.5. The van der Waals surface area contributed by atoms with Gasteiger partial charge in [-0.2, -0.15) is 0 Å². The summed E-state index contributed by atoms with van der Waals surface area (Å²) < 4.78 is 10.4. The van der Waals surface area contributed by atoms with Crippen LogP contribution in [-0.2, 0) is 14.3 Å². The largest absolute Gasteiger partial charge is 0.465 e. The van der Waals surface area contributed by atoms with Crippen LogP contribution in [0.3, 0.4) is 0 Å². The Hall–Kier alpha value is -1.88. The number of rotatable bonds is 12. The Morgan fingerprint density at radius 3 is 2.79 bits per heavy atom. The second kappa shape index (κ2) is 11.6. The highest BCUT2D eigenvalue weighted by molar-refractivity contribution is 5.93. The number of unbranched alkanes of at least 4 members (excludes halogenated alkanes) is 1. The molecule has 0 unspecified atom stereocenters. The quantitative estimate of drug-likeness (QED) is 0.359. The van der Waals surface area contributed by atoms with Gasteiger partial charge in [-0.05, 0) is 36.6 Å². The summed E-state index contributed by atoms with van der Waals surface area (Å²) in [7, 11) is 0. The van der Waals surface area contributed by atoms with Crippen LogP contribution in [0, 0.1) is 5.92 Å². The molecule has 1 aromatic heterocycles. The molecule has 1 rings (SSSR count). The van der Waals surface area contributed by atoms with Crippen molar-refractivity contribution in [1.29, 1.82) is 0 Å². The highest BCUT2D eigenvalue weighted by Gasteiger charge is 2.24. The fraction of sp³-hybridized carbons (Fsp3) is 0.579. The van der Waals surface area contributed by atoms with Crippen LogP contribution in [0.15, 0.2) is 28.9 Å². The van der Waals surface area contributed by atoms with Gasteiger partial charge in [0.05, 0.1) is 12.9 Å². The first-order valence-corrected chi connectivity index (χ1v) is 8.72. The lowest BCUT2D eigenvalue weighted by molar-refractivity contribution is -0.147. The Labute approximate surface area is 144 Å². The van der Waals surface area contributed by atoms with Gasteiger partial charge in [0.15, 0.2) is 5.78 Å². The molecule has 1 heterocycles. The number of carbonyl (C=O) groups excluding carboxylic acids is 2. The van der Waals surface area contributed by atoms with E-state index in [0.717, 1.165) is 19.3 Å². The van der Waals surface area contributed by atoms with Crippen LogP contribution in [0.4, 0.5) is 0 Å². The minimum atomic E-state index is -0.367. The second-order valence-corrected chi connectivity index (χ2v) is 5.90. The molecule has 0 radical (unpaired) electrons. The fourth-order valence-corrected chi connectivity index (χ4v) is 2.15. The Bertz CT molecular complexity index is 507. The molecule has 1 N–H and O–H groups in total. The van der Waals surface area contributed by atoms with Crippen molar-refractivity contribution in [3.63, 3.8) is 0 Å². The van der Waals surface area contributed by atoms with Gasteiger partial charge in [-0.15, -0.1) is 0 Å². The molecule has 0 spiro atoms. The normalized spacial score (nSPS) is 13.8. The molecule has 0 aliphatic rings. The molecule has 0 amide bonds. The lowest BCUT2D eigenvalue weighted by Crippen LogP contribution is -2.43. The van der Waals surface area contributed by atoms with Crippen LogP contribution in [-0.4, -0.2) is 30.9 Å². The summed E-state index contributed by atoms with van der Waals surface area (Å²) in [6.07, 6.45) is 7.76. The predicted molar refractivity (Wildman–Crippen MR) is 94.5 cm³/mol. The average molecular weight is 335 g/mol.